The van der Waals surface area contributed by atoms with E-state index in [1.807, 2.05) is 13.0 Å². The van der Waals surface area contributed by atoms with Crippen LogP contribution in [-0.2, 0) is 6.42 Å². The van der Waals surface area contributed by atoms with E-state index in [-0.39, 0.29) is 5.92 Å². The summed E-state index contributed by atoms with van der Waals surface area (Å²) in [7, 11) is 1.66. The molecule has 0 aliphatic rings. The van der Waals surface area contributed by atoms with Crippen molar-refractivity contribution in [1.82, 2.24) is 4.98 Å². The largest absolute Gasteiger partial charge is 0.493 e. The molecular formula is C17H24N2O2S. The Kier molecular flexibility index (Phi) is 6.21. The van der Waals surface area contributed by atoms with Crippen LogP contribution in [0.2, 0.25) is 0 Å². The monoisotopic (exact) mass is 320 g/mol. The molecule has 1 heterocycles. The van der Waals surface area contributed by atoms with Gasteiger partial charge >= 0.3 is 0 Å². The van der Waals surface area contributed by atoms with E-state index >= 15 is 0 Å². The summed E-state index contributed by atoms with van der Waals surface area (Å²) in [5.74, 6) is 1.81. The third kappa shape index (κ3) is 4.21. The van der Waals surface area contributed by atoms with E-state index in [0.29, 0.717) is 13.2 Å². The molecule has 0 fully saturated rings. The van der Waals surface area contributed by atoms with Crippen LogP contribution < -0.4 is 15.2 Å². The predicted octanol–water partition coefficient (Wildman–Crippen LogP) is 3.53. The van der Waals surface area contributed by atoms with E-state index in [0.717, 1.165) is 35.0 Å². The molecule has 1 aromatic heterocycles. The Morgan fingerprint density at radius 2 is 2.14 bits per heavy atom. The van der Waals surface area contributed by atoms with E-state index < -0.39 is 0 Å². The molecule has 2 N–H and O–H groups in total. The highest BCUT2D eigenvalue weighted by Gasteiger charge is 2.15. The molecule has 1 aromatic carbocycles. The topological polar surface area (TPSA) is 57.4 Å². The molecule has 5 heteroatoms. The quantitative estimate of drug-likeness (QED) is 0.808. The van der Waals surface area contributed by atoms with Gasteiger partial charge < -0.3 is 15.2 Å². The smallest absolute Gasteiger partial charge is 0.161 e. The van der Waals surface area contributed by atoms with Crippen molar-refractivity contribution in [2.75, 3.05) is 20.3 Å². The van der Waals surface area contributed by atoms with Gasteiger partial charge in [-0.25, -0.2) is 4.98 Å². The lowest BCUT2D eigenvalue weighted by Crippen LogP contribution is -2.15. The normalized spacial score (nSPS) is 12.2. The minimum atomic E-state index is 0.242. The Labute approximate surface area is 136 Å². The van der Waals surface area contributed by atoms with Crippen molar-refractivity contribution < 1.29 is 9.47 Å². The van der Waals surface area contributed by atoms with Crippen LogP contribution in [0.25, 0.3) is 0 Å². The lowest BCUT2D eigenvalue weighted by atomic mass is 9.99. The van der Waals surface area contributed by atoms with Crippen molar-refractivity contribution in [1.29, 1.82) is 0 Å². The van der Waals surface area contributed by atoms with Gasteiger partial charge in [-0.1, -0.05) is 13.0 Å². The number of ether oxygens (including phenoxy) is 2. The summed E-state index contributed by atoms with van der Waals surface area (Å²) in [6, 6.07) is 6.08. The third-order valence-corrected chi connectivity index (χ3v) is 4.57. The molecule has 0 aliphatic carbocycles. The summed E-state index contributed by atoms with van der Waals surface area (Å²) < 4.78 is 11.1. The molecule has 2 rings (SSSR count). The van der Waals surface area contributed by atoms with E-state index in [1.165, 1.54) is 5.56 Å². The summed E-state index contributed by atoms with van der Waals surface area (Å²) >= 11 is 1.68. The van der Waals surface area contributed by atoms with Gasteiger partial charge in [0.2, 0.25) is 0 Å². The summed E-state index contributed by atoms with van der Waals surface area (Å²) in [5.41, 5.74) is 8.19. The standard InChI is InChI=1S/C17H24N2O2S/c1-4-7-21-16-9-13(5-6-15(16)20-3)8-14(10-18)17-19-12(2)11-22-17/h5-6,9,11,14H,4,7-8,10,18H2,1-3H3. The molecule has 0 bridgehead atoms. The highest BCUT2D eigenvalue weighted by Crippen LogP contribution is 2.31. The average molecular weight is 320 g/mol. The van der Waals surface area contributed by atoms with Crippen LogP contribution in [0.15, 0.2) is 23.6 Å². The molecule has 22 heavy (non-hydrogen) atoms. The van der Waals surface area contributed by atoms with Gasteiger partial charge in [0, 0.05) is 23.5 Å². The molecule has 0 saturated heterocycles. The molecule has 0 radical (unpaired) electrons. The predicted molar refractivity (Wildman–Crippen MR) is 91.1 cm³/mol. The van der Waals surface area contributed by atoms with E-state index in [9.17, 15) is 0 Å². The van der Waals surface area contributed by atoms with Crippen molar-refractivity contribution in [2.45, 2.75) is 32.6 Å². The Morgan fingerprint density at radius 1 is 1.32 bits per heavy atom. The molecule has 2 aromatic rings. The fourth-order valence-corrected chi connectivity index (χ4v) is 3.20. The van der Waals surface area contributed by atoms with Crippen molar-refractivity contribution >= 4 is 11.3 Å². The van der Waals surface area contributed by atoms with Crippen molar-refractivity contribution in [2.24, 2.45) is 5.73 Å². The number of hydrogen-bond acceptors (Lipinski definition) is 5. The first-order valence-corrected chi connectivity index (χ1v) is 8.47. The molecular weight excluding hydrogens is 296 g/mol. The number of aryl methyl sites for hydroxylation is 1. The number of nitrogens with two attached hydrogens (primary N) is 1. The van der Waals surface area contributed by atoms with Gasteiger partial charge in [0.05, 0.1) is 18.7 Å². The van der Waals surface area contributed by atoms with E-state index in [4.69, 9.17) is 15.2 Å². The molecule has 4 nitrogen and oxygen atoms in total. The highest BCUT2D eigenvalue weighted by molar-refractivity contribution is 7.09. The summed E-state index contributed by atoms with van der Waals surface area (Å²) in [5, 5.41) is 3.17. The van der Waals surface area contributed by atoms with E-state index in [1.54, 1.807) is 18.4 Å². The molecule has 0 spiro atoms. The lowest BCUT2D eigenvalue weighted by molar-refractivity contribution is 0.294. The minimum absolute atomic E-state index is 0.242. The van der Waals surface area contributed by atoms with Gasteiger partial charge in [0.25, 0.3) is 0 Å². The Hall–Kier alpha value is -1.59. The Balaban J connectivity index is 2.17. The van der Waals surface area contributed by atoms with Crippen molar-refractivity contribution in [3.8, 4) is 11.5 Å². The number of nitrogens with zero attached hydrogens (tertiary/aromatic N) is 1. The minimum Gasteiger partial charge on any atom is -0.493 e. The molecule has 120 valence electrons. The fraction of sp³-hybridized carbons (Fsp3) is 0.471. The summed E-state index contributed by atoms with van der Waals surface area (Å²) in [6.45, 7) is 5.37. The number of rotatable bonds is 8. The second-order valence-corrected chi connectivity index (χ2v) is 6.19. The first-order valence-electron chi connectivity index (χ1n) is 7.59. The van der Waals surface area contributed by atoms with Gasteiger partial charge in [-0.2, -0.15) is 0 Å². The molecule has 0 amide bonds. The van der Waals surface area contributed by atoms with Crippen LogP contribution in [0.5, 0.6) is 11.5 Å². The zero-order valence-electron chi connectivity index (χ0n) is 13.5. The maximum Gasteiger partial charge on any atom is 0.161 e. The summed E-state index contributed by atoms with van der Waals surface area (Å²) in [4.78, 5) is 4.57. The highest BCUT2D eigenvalue weighted by atomic mass is 32.1. The first kappa shape index (κ1) is 16.8. The van der Waals surface area contributed by atoms with Gasteiger partial charge in [-0.15, -0.1) is 11.3 Å². The molecule has 1 unspecified atom stereocenters. The van der Waals surface area contributed by atoms with Crippen molar-refractivity contribution in [3.05, 3.63) is 39.8 Å². The first-order chi connectivity index (χ1) is 10.7. The SMILES string of the molecule is CCCOc1cc(CC(CN)c2nc(C)cs2)ccc1OC. The second kappa shape index (κ2) is 8.15. The maximum atomic E-state index is 5.95. The average Bonchev–Trinajstić information content (AvgIpc) is 2.97. The van der Waals surface area contributed by atoms with Crippen LogP contribution >= 0.6 is 11.3 Å². The summed E-state index contributed by atoms with van der Waals surface area (Å²) in [6.07, 6.45) is 1.83. The second-order valence-electron chi connectivity index (χ2n) is 5.30. The van der Waals surface area contributed by atoms with Crippen LogP contribution in [0.4, 0.5) is 0 Å². The van der Waals surface area contributed by atoms with Gasteiger partial charge in [-0.05, 0) is 37.5 Å². The number of aromatic nitrogens is 1. The molecule has 0 saturated carbocycles. The molecule has 0 aliphatic heterocycles. The fourth-order valence-electron chi connectivity index (χ4n) is 2.29. The number of methoxy groups -OCH3 is 1. The van der Waals surface area contributed by atoms with Crippen LogP contribution in [0, 0.1) is 6.92 Å². The van der Waals surface area contributed by atoms with Gasteiger partial charge in [0.1, 0.15) is 0 Å². The number of hydrogen-bond donors (Lipinski definition) is 1. The van der Waals surface area contributed by atoms with E-state index in [2.05, 4.69) is 29.4 Å². The van der Waals surface area contributed by atoms with Crippen LogP contribution in [-0.4, -0.2) is 25.2 Å². The number of thiazole rings is 1. The number of benzene rings is 1. The Bertz CT molecular complexity index is 598. The maximum absolute atomic E-state index is 5.95. The van der Waals surface area contributed by atoms with Crippen LogP contribution in [0.3, 0.4) is 0 Å². The molecule has 1 atom stereocenters. The van der Waals surface area contributed by atoms with Crippen molar-refractivity contribution in [3.63, 3.8) is 0 Å². The zero-order valence-corrected chi connectivity index (χ0v) is 14.3. The van der Waals surface area contributed by atoms with Gasteiger partial charge in [0.15, 0.2) is 11.5 Å². The van der Waals surface area contributed by atoms with Gasteiger partial charge in [-0.3, -0.25) is 0 Å². The Morgan fingerprint density at radius 3 is 2.73 bits per heavy atom. The zero-order chi connectivity index (χ0) is 15.9. The third-order valence-electron chi connectivity index (χ3n) is 3.44. The van der Waals surface area contributed by atoms with Crippen LogP contribution in [0.1, 0.15) is 35.5 Å². The lowest BCUT2D eigenvalue weighted by Gasteiger charge is -2.15.